The van der Waals surface area contributed by atoms with Crippen LogP contribution in [0.1, 0.15) is 16.8 Å². The summed E-state index contributed by atoms with van der Waals surface area (Å²) in [4.78, 5) is 16.1. The summed E-state index contributed by atoms with van der Waals surface area (Å²) < 4.78 is 22.0. The lowest BCUT2D eigenvalue weighted by atomic mass is 10.0. The van der Waals surface area contributed by atoms with Crippen molar-refractivity contribution < 1.29 is 23.4 Å². The fourth-order valence-electron chi connectivity index (χ4n) is 3.53. The Morgan fingerprint density at radius 2 is 1.97 bits per heavy atom. The van der Waals surface area contributed by atoms with Crippen LogP contribution in [0.15, 0.2) is 65.4 Å². The van der Waals surface area contributed by atoms with Crippen molar-refractivity contribution >= 4 is 16.9 Å². The Morgan fingerprint density at radius 3 is 2.75 bits per heavy atom. The molecule has 2 aromatic heterocycles. The maximum absolute atomic E-state index is 11.8. The number of pyridine rings is 1. The van der Waals surface area contributed by atoms with E-state index in [0.717, 1.165) is 38.9 Å². The molecule has 32 heavy (non-hydrogen) atoms. The summed E-state index contributed by atoms with van der Waals surface area (Å²) in [6.45, 7) is 0.654. The Bertz CT molecular complexity index is 1250. The normalized spacial score (nSPS) is 10.8. The van der Waals surface area contributed by atoms with E-state index >= 15 is 0 Å². The van der Waals surface area contributed by atoms with Crippen molar-refractivity contribution in [2.45, 2.75) is 19.6 Å². The molecule has 0 atom stereocenters. The number of hydrogen-bond acceptors (Lipinski definition) is 7. The minimum Gasteiger partial charge on any atom is -0.497 e. The SMILES string of the molecule is COC(=O)Cc1ccc(OC)cc1OCc1cc(-c2ccnc(CN)c2)c2occc2c1. The molecule has 0 aliphatic heterocycles. The third-order valence-electron chi connectivity index (χ3n) is 5.18. The molecule has 0 saturated heterocycles. The third kappa shape index (κ3) is 4.58. The van der Waals surface area contributed by atoms with Crippen LogP contribution in [0.3, 0.4) is 0 Å². The van der Waals surface area contributed by atoms with E-state index in [9.17, 15) is 4.79 Å². The van der Waals surface area contributed by atoms with Crippen molar-refractivity contribution in [1.82, 2.24) is 4.98 Å². The maximum Gasteiger partial charge on any atom is 0.310 e. The number of nitrogens with two attached hydrogens (primary N) is 1. The van der Waals surface area contributed by atoms with Crippen LogP contribution < -0.4 is 15.2 Å². The number of benzene rings is 2. The Kier molecular flexibility index (Phi) is 6.37. The van der Waals surface area contributed by atoms with E-state index in [-0.39, 0.29) is 12.4 Å². The number of carbonyl (C=O) groups excluding carboxylic acids is 1. The third-order valence-corrected chi connectivity index (χ3v) is 5.18. The molecular weight excluding hydrogens is 408 g/mol. The molecule has 0 aliphatic carbocycles. The number of esters is 1. The molecule has 2 N–H and O–H groups in total. The van der Waals surface area contributed by atoms with E-state index in [1.807, 2.05) is 30.3 Å². The molecule has 0 spiro atoms. The summed E-state index contributed by atoms with van der Waals surface area (Å²) in [7, 11) is 2.95. The molecule has 0 unspecified atom stereocenters. The highest BCUT2D eigenvalue weighted by Crippen LogP contribution is 2.32. The Hall–Kier alpha value is -3.84. The van der Waals surface area contributed by atoms with Gasteiger partial charge in [0, 0.05) is 35.3 Å². The first-order valence-electron chi connectivity index (χ1n) is 10.1. The lowest BCUT2D eigenvalue weighted by Crippen LogP contribution is -2.07. The van der Waals surface area contributed by atoms with E-state index in [1.54, 1.807) is 37.8 Å². The van der Waals surface area contributed by atoms with Crippen LogP contribution in [0.25, 0.3) is 22.1 Å². The van der Waals surface area contributed by atoms with E-state index < -0.39 is 0 Å². The monoisotopic (exact) mass is 432 g/mol. The van der Waals surface area contributed by atoms with Crippen molar-refractivity contribution in [3.63, 3.8) is 0 Å². The molecule has 164 valence electrons. The van der Waals surface area contributed by atoms with Crippen molar-refractivity contribution in [2.75, 3.05) is 14.2 Å². The topological polar surface area (TPSA) is 96.8 Å². The van der Waals surface area contributed by atoms with Crippen LogP contribution in [0.4, 0.5) is 0 Å². The van der Waals surface area contributed by atoms with E-state index in [1.165, 1.54) is 7.11 Å². The van der Waals surface area contributed by atoms with Crippen molar-refractivity contribution in [3.05, 3.63) is 77.8 Å². The van der Waals surface area contributed by atoms with Gasteiger partial charge in [-0.2, -0.15) is 0 Å². The fraction of sp³-hybridized carbons (Fsp3) is 0.200. The predicted octanol–water partition coefficient (Wildman–Crippen LogP) is 4.26. The van der Waals surface area contributed by atoms with Gasteiger partial charge in [-0.1, -0.05) is 6.07 Å². The van der Waals surface area contributed by atoms with Gasteiger partial charge in [-0.05, 0) is 47.5 Å². The number of hydrogen-bond donors (Lipinski definition) is 1. The van der Waals surface area contributed by atoms with E-state index in [4.69, 9.17) is 24.4 Å². The molecular formula is C25H24N2O5. The Balaban J connectivity index is 1.66. The van der Waals surface area contributed by atoms with Gasteiger partial charge in [-0.25, -0.2) is 0 Å². The van der Waals surface area contributed by atoms with Gasteiger partial charge in [0.25, 0.3) is 0 Å². The maximum atomic E-state index is 11.8. The highest BCUT2D eigenvalue weighted by molar-refractivity contribution is 5.93. The second-order valence-electron chi connectivity index (χ2n) is 7.24. The number of ether oxygens (including phenoxy) is 3. The standard InChI is InChI=1S/C25H24N2O5/c1-29-21-4-3-18(12-24(28)30-2)23(13-21)32-15-16-9-19-6-8-31-25(19)22(10-16)17-5-7-27-20(11-17)14-26/h3-11,13H,12,14-15,26H2,1-2H3. The number of fused-ring (bicyclic) bond motifs is 1. The van der Waals surface area contributed by atoms with Crippen LogP contribution in [-0.4, -0.2) is 25.2 Å². The molecule has 0 bridgehead atoms. The summed E-state index contributed by atoms with van der Waals surface area (Å²) in [6, 6.07) is 15.2. The lowest BCUT2D eigenvalue weighted by Gasteiger charge is -2.14. The highest BCUT2D eigenvalue weighted by Gasteiger charge is 2.14. The summed E-state index contributed by atoms with van der Waals surface area (Å²) >= 11 is 0. The van der Waals surface area contributed by atoms with Crippen molar-refractivity contribution in [1.29, 1.82) is 0 Å². The van der Waals surface area contributed by atoms with Crippen LogP contribution in [0.5, 0.6) is 11.5 Å². The first-order valence-corrected chi connectivity index (χ1v) is 10.1. The average Bonchev–Trinajstić information content (AvgIpc) is 3.31. The summed E-state index contributed by atoms with van der Waals surface area (Å²) in [5.41, 5.74) is 10.9. The predicted molar refractivity (Wildman–Crippen MR) is 120 cm³/mol. The van der Waals surface area contributed by atoms with Crippen molar-refractivity contribution in [3.8, 4) is 22.6 Å². The molecule has 7 nitrogen and oxygen atoms in total. The minimum absolute atomic E-state index is 0.112. The summed E-state index contributed by atoms with van der Waals surface area (Å²) in [5.74, 6) is 0.874. The highest BCUT2D eigenvalue weighted by atomic mass is 16.5. The molecule has 2 heterocycles. The van der Waals surface area contributed by atoms with E-state index in [2.05, 4.69) is 4.98 Å². The number of aromatic nitrogens is 1. The zero-order valence-electron chi connectivity index (χ0n) is 18.0. The lowest BCUT2D eigenvalue weighted by molar-refractivity contribution is -0.139. The smallest absolute Gasteiger partial charge is 0.310 e. The molecule has 4 aromatic rings. The molecule has 0 saturated carbocycles. The number of carbonyl (C=O) groups is 1. The van der Waals surface area contributed by atoms with Crippen LogP contribution in [0, 0.1) is 0 Å². The number of methoxy groups -OCH3 is 2. The fourth-order valence-corrected chi connectivity index (χ4v) is 3.53. The number of furan rings is 1. The van der Waals surface area contributed by atoms with Gasteiger partial charge in [0.05, 0.1) is 32.6 Å². The van der Waals surface area contributed by atoms with Crippen LogP contribution in [0.2, 0.25) is 0 Å². The van der Waals surface area contributed by atoms with Gasteiger partial charge in [-0.3, -0.25) is 9.78 Å². The first-order chi connectivity index (χ1) is 15.6. The van der Waals surface area contributed by atoms with Gasteiger partial charge >= 0.3 is 5.97 Å². The summed E-state index contributed by atoms with van der Waals surface area (Å²) in [6.07, 6.45) is 3.52. The van der Waals surface area contributed by atoms with Crippen LogP contribution >= 0.6 is 0 Å². The minimum atomic E-state index is -0.337. The van der Waals surface area contributed by atoms with Crippen LogP contribution in [-0.2, 0) is 29.1 Å². The molecule has 7 heteroatoms. The van der Waals surface area contributed by atoms with Gasteiger partial charge in [0.1, 0.15) is 23.7 Å². The zero-order valence-corrected chi connectivity index (χ0v) is 18.0. The second-order valence-corrected chi connectivity index (χ2v) is 7.24. The zero-order chi connectivity index (χ0) is 22.5. The van der Waals surface area contributed by atoms with Gasteiger partial charge in [-0.15, -0.1) is 0 Å². The molecule has 0 aliphatic rings. The first kappa shape index (κ1) is 21.4. The molecule has 4 rings (SSSR count). The quantitative estimate of drug-likeness (QED) is 0.416. The Morgan fingerprint density at radius 1 is 1.09 bits per heavy atom. The number of rotatable bonds is 8. The largest absolute Gasteiger partial charge is 0.497 e. The summed E-state index contributed by atoms with van der Waals surface area (Å²) in [5, 5.41) is 0.965. The van der Waals surface area contributed by atoms with Gasteiger partial charge in [0.15, 0.2) is 0 Å². The number of nitrogens with zero attached hydrogens (tertiary/aromatic N) is 1. The van der Waals surface area contributed by atoms with Gasteiger partial charge < -0.3 is 24.4 Å². The van der Waals surface area contributed by atoms with Gasteiger partial charge in [0.2, 0.25) is 0 Å². The average molecular weight is 432 g/mol. The second kappa shape index (κ2) is 9.53. The molecule has 2 aromatic carbocycles. The molecule has 0 fully saturated rings. The molecule has 0 amide bonds. The Labute approximate surface area is 185 Å². The van der Waals surface area contributed by atoms with Crippen molar-refractivity contribution in [2.24, 2.45) is 5.73 Å². The van der Waals surface area contributed by atoms with E-state index in [0.29, 0.717) is 24.7 Å². The molecule has 0 radical (unpaired) electrons.